The van der Waals surface area contributed by atoms with Crippen LogP contribution in [0.5, 0.6) is 0 Å². The third-order valence-corrected chi connectivity index (χ3v) is 2.14. The molecule has 6 heteroatoms. The molecule has 6 nitrogen and oxygen atoms in total. The molecular weight excluding hydrogens is 194 g/mol. The first-order valence-electron chi connectivity index (χ1n) is 4.68. The van der Waals surface area contributed by atoms with E-state index in [1.807, 2.05) is 19.2 Å². The molecule has 0 aliphatic heterocycles. The van der Waals surface area contributed by atoms with Crippen molar-refractivity contribution in [3.05, 3.63) is 24.2 Å². The Balaban J connectivity index is 1.86. The highest BCUT2D eigenvalue weighted by molar-refractivity contribution is 5.32. The molecule has 0 aliphatic rings. The molecule has 0 saturated carbocycles. The Morgan fingerprint density at radius 2 is 2.40 bits per heavy atom. The summed E-state index contributed by atoms with van der Waals surface area (Å²) in [6.45, 7) is 0.736. The molecule has 80 valence electrons. The number of nitrogens with one attached hydrogen (secondary N) is 1. The zero-order valence-corrected chi connectivity index (χ0v) is 8.47. The number of furan rings is 1. The molecule has 0 spiro atoms. The molecule has 2 heterocycles. The van der Waals surface area contributed by atoms with Gasteiger partial charge in [-0.3, -0.25) is 4.57 Å². The summed E-state index contributed by atoms with van der Waals surface area (Å²) in [5, 5.41) is 10.7. The lowest BCUT2D eigenvalue weighted by Gasteiger charge is -2.03. The first-order valence-corrected chi connectivity index (χ1v) is 4.68. The molecule has 15 heavy (non-hydrogen) atoms. The second kappa shape index (κ2) is 4.04. The number of nitrogens with two attached hydrogens (primary N) is 1. The van der Waals surface area contributed by atoms with Crippen molar-refractivity contribution in [2.45, 2.75) is 6.42 Å². The zero-order valence-electron chi connectivity index (χ0n) is 8.47. The van der Waals surface area contributed by atoms with Gasteiger partial charge in [-0.15, -0.1) is 10.2 Å². The van der Waals surface area contributed by atoms with Crippen LogP contribution in [0.15, 0.2) is 22.8 Å². The van der Waals surface area contributed by atoms with Gasteiger partial charge in [-0.1, -0.05) is 0 Å². The van der Waals surface area contributed by atoms with Crippen molar-refractivity contribution in [3.63, 3.8) is 0 Å². The van der Waals surface area contributed by atoms with Crippen LogP contribution in [0.25, 0.3) is 0 Å². The maximum absolute atomic E-state index is 5.54. The van der Waals surface area contributed by atoms with Crippen LogP contribution in [0.2, 0.25) is 0 Å². The lowest BCUT2D eigenvalue weighted by Crippen LogP contribution is -2.09. The van der Waals surface area contributed by atoms with E-state index in [2.05, 4.69) is 15.5 Å². The van der Waals surface area contributed by atoms with Crippen molar-refractivity contribution in [1.82, 2.24) is 14.8 Å². The van der Waals surface area contributed by atoms with E-state index < -0.39 is 0 Å². The molecule has 2 rings (SSSR count). The second-order valence-corrected chi connectivity index (χ2v) is 3.20. The van der Waals surface area contributed by atoms with Crippen LogP contribution in [0, 0.1) is 0 Å². The SMILES string of the molecule is Cn1c(N)nnc1NCCc1ccco1. The number of anilines is 2. The number of aromatic nitrogens is 3. The predicted octanol–water partition coefficient (Wildman–Crippen LogP) is 0.645. The Hall–Kier alpha value is -1.98. The topological polar surface area (TPSA) is 81.9 Å². The zero-order chi connectivity index (χ0) is 10.7. The molecule has 0 atom stereocenters. The van der Waals surface area contributed by atoms with Crippen LogP contribution in [0.4, 0.5) is 11.9 Å². The van der Waals surface area contributed by atoms with E-state index in [0.717, 1.165) is 18.7 Å². The predicted molar refractivity (Wildman–Crippen MR) is 56.3 cm³/mol. The van der Waals surface area contributed by atoms with E-state index in [0.29, 0.717) is 11.9 Å². The normalized spacial score (nSPS) is 10.5. The van der Waals surface area contributed by atoms with Gasteiger partial charge in [-0.05, 0) is 12.1 Å². The minimum Gasteiger partial charge on any atom is -0.469 e. The first kappa shape index (κ1) is 9.57. The highest BCUT2D eigenvalue weighted by Gasteiger charge is 2.04. The van der Waals surface area contributed by atoms with Crippen molar-refractivity contribution < 1.29 is 4.42 Å². The molecule has 2 aromatic heterocycles. The van der Waals surface area contributed by atoms with Crippen molar-refractivity contribution >= 4 is 11.9 Å². The molecule has 0 amide bonds. The Morgan fingerprint density at radius 1 is 1.53 bits per heavy atom. The van der Waals surface area contributed by atoms with Gasteiger partial charge < -0.3 is 15.5 Å². The average Bonchev–Trinajstić information content (AvgIpc) is 2.83. The maximum Gasteiger partial charge on any atom is 0.225 e. The van der Waals surface area contributed by atoms with Crippen LogP contribution in [-0.4, -0.2) is 21.3 Å². The summed E-state index contributed by atoms with van der Waals surface area (Å²) in [6, 6.07) is 3.81. The summed E-state index contributed by atoms with van der Waals surface area (Å²) in [7, 11) is 1.81. The first-order chi connectivity index (χ1) is 7.27. The quantitative estimate of drug-likeness (QED) is 0.769. The summed E-state index contributed by atoms with van der Waals surface area (Å²) >= 11 is 0. The summed E-state index contributed by atoms with van der Waals surface area (Å²) in [6.07, 6.45) is 2.47. The van der Waals surface area contributed by atoms with Crippen molar-refractivity contribution in [2.24, 2.45) is 7.05 Å². The van der Waals surface area contributed by atoms with Gasteiger partial charge in [0.2, 0.25) is 11.9 Å². The summed E-state index contributed by atoms with van der Waals surface area (Å²) in [5.41, 5.74) is 5.54. The molecule has 0 aliphatic carbocycles. The van der Waals surface area contributed by atoms with E-state index in [9.17, 15) is 0 Å². The van der Waals surface area contributed by atoms with Gasteiger partial charge in [0, 0.05) is 20.0 Å². The summed E-state index contributed by atoms with van der Waals surface area (Å²) in [4.78, 5) is 0. The monoisotopic (exact) mass is 207 g/mol. The molecule has 0 fully saturated rings. The Morgan fingerprint density at radius 3 is 3.00 bits per heavy atom. The van der Waals surface area contributed by atoms with Gasteiger partial charge in [-0.2, -0.15) is 0 Å². The van der Waals surface area contributed by atoms with Gasteiger partial charge in [0.1, 0.15) is 5.76 Å². The molecular formula is C9H13N5O. The van der Waals surface area contributed by atoms with Gasteiger partial charge in [0.25, 0.3) is 0 Å². The summed E-state index contributed by atoms with van der Waals surface area (Å²) < 4.78 is 6.90. The fourth-order valence-electron chi connectivity index (χ4n) is 1.25. The van der Waals surface area contributed by atoms with Crippen LogP contribution >= 0.6 is 0 Å². The van der Waals surface area contributed by atoms with Gasteiger partial charge in [0.15, 0.2) is 0 Å². The van der Waals surface area contributed by atoms with E-state index >= 15 is 0 Å². The third kappa shape index (κ3) is 2.09. The van der Waals surface area contributed by atoms with E-state index in [4.69, 9.17) is 10.2 Å². The molecule has 0 aromatic carbocycles. The van der Waals surface area contributed by atoms with E-state index in [-0.39, 0.29) is 0 Å². The van der Waals surface area contributed by atoms with Crippen LogP contribution in [-0.2, 0) is 13.5 Å². The summed E-state index contributed by atoms with van der Waals surface area (Å²) in [5.74, 6) is 2.01. The molecule has 0 radical (unpaired) electrons. The smallest absolute Gasteiger partial charge is 0.225 e. The Kier molecular flexibility index (Phi) is 2.57. The van der Waals surface area contributed by atoms with E-state index in [1.165, 1.54) is 0 Å². The number of hydrogen-bond donors (Lipinski definition) is 2. The third-order valence-electron chi connectivity index (χ3n) is 2.14. The van der Waals surface area contributed by atoms with E-state index in [1.54, 1.807) is 10.8 Å². The van der Waals surface area contributed by atoms with Crippen LogP contribution < -0.4 is 11.1 Å². The maximum atomic E-state index is 5.54. The molecule has 0 bridgehead atoms. The lowest BCUT2D eigenvalue weighted by atomic mass is 10.3. The standard InChI is InChI=1S/C9H13N5O/c1-14-8(10)12-13-9(14)11-5-4-7-3-2-6-15-7/h2-3,6H,4-5H2,1H3,(H2,10,12)(H,11,13). The van der Waals surface area contributed by atoms with Gasteiger partial charge in [-0.25, -0.2) is 0 Å². The Bertz CT molecular complexity index is 420. The number of rotatable bonds is 4. The molecule has 0 saturated heterocycles. The molecule has 3 N–H and O–H groups in total. The fraction of sp³-hybridized carbons (Fsp3) is 0.333. The lowest BCUT2D eigenvalue weighted by molar-refractivity contribution is 0.512. The van der Waals surface area contributed by atoms with Crippen LogP contribution in [0.1, 0.15) is 5.76 Å². The average molecular weight is 207 g/mol. The Labute approximate surface area is 87.1 Å². The minimum absolute atomic E-state index is 0.399. The molecule has 2 aromatic rings. The molecule has 0 unspecified atom stereocenters. The number of nitrogen functional groups attached to an aromatic ring is 1. The van der Waals surface area contributed by atoms with Crippen molar-refractivity contribution in [2.75, 3.05) is 17.6 Å². The minimum atomic E-state index is 0.399. The fourth-order valence-corrected chi connectivity index (χ4v) is 1.25. The largest absolute Gasteiger partial charge is 0.469 e. The number of nitrogens with zero attached hydrogens (tertiary/aromatic N) is 3. The van der Waals surface area contributed by atoms with Gasteiger partial charge >= 0.3 is 0 Å². The van der Waals surface area contributed by atoms with Crippen molar-refractivity contribution in [3.8, 4) is 0 Å². The highest BCUT2D eigenvalue weighted by Crippen LogP contribution is 2.06. The number of hydrogen-bond acceptors (Lipinski definition) is 5. The highest BCUT2D eigenvalue weighted by atomic mass is 16.3. The van der Waals surface area contributed by atoms with Gasteiger partial charge in [0.05, 0.1) is 6.26 Å². The van der Waals surface area contributed by atoms with Crippen LogP contribution in [0.3, 0.4) is 0 Å². The second-order valence-electron chi connectivity index (χ2n) is 3.20. The van der Waals surface area contributed by atoms with Crippen molar-refractivity contribution in [1.29, 1.82) is 0 Å².